The predicted octanol–water partition coefficient (Wildman–Crippen LogP) is 5.12. The van der Waals surface area contributed by atoms with Crippen LogP contribution in [0.15, 0.2) is 59.1 Å². The number of aromatic nitrogens is 3. The van der Waals surface area contributed by atoms with E-state index in [1.54, 1.807) is 23.9 Å². The van der Waals surface area contributed by atoms with Crippen molar-refractivity contribution in [1.82, 2.24) is 15.0 Å². The lowest BCUT2D eigenvalue weighted by molar-refractivity contribution is 0.631. The van der Waals surface area contributed by atoms with Crippen LogP contribution in [-0.2, 0) is 5.75 Å². The number of nitrogens with one attached hydrogen (secondary N) is 1. The van der Waals surface area contributed by atoms with Crippen molar-refractivity contribution in [3.8, 4) is 10.6 Å². The van der Waals surface area contributed by atoms with E-state index in [1.807, 2.05) is 35.7 Å². The number of aromatic amines is 1. The van der Waals surface area contributed by atoms with E-state index in [4.69, 9.17) is 0 Å². The standard InChI is InChI=1S/C17H12FN3S2/c18-13-6-2-1-5-12(13)16-19-11(9-22-16)10-23-17-20-14-7-3-4-8-15(14)21-17/h1-9H,10H2,(H,20,21). The number of nitrogens with zero attached hydrogens (tertiary/aromatic N) is 2. The Hall–Kier alpha value is -2.18. The number of halogens is 1. The summed E-state index contributed by atoms with van der Waals surface area (Å²) in [5.74, 6) is 0.462. The van der Waals surface area contributed by atoms with Crippen LogP contribution in [0.1, 0.15) is 5.69 Å². The average Bonchev–Trinajstić information content (AvgIpc) is 3.19. The van der Waals surface area contributed by atoms with Gasteiger partial charge in [0.15, 0.2) is 5.16 Å². The second kappa shape index (κ2) is 6.14. The molecule has 114 valence electrons. The summed E-state index contributed by atoms with van der Waals surface area (Å²) in [6.07, 6.45) is 0. The van der Waals surface area contributed by atoms with Gasteiger partial charge < -0.3 is 4.98 Å². The highest BCUT2D eigenvalue weighted by atomic mass is 32.2. The fourth-order valence-corrected chi connectivity index (χ4v) is 4.00. The molecule has 4 rings (SSSR count). The largest absolute Gasteiger partial charge is 0.333 e. The second-order valence-electron chi connectivity index (χ2n) is 4.97. The van der Waals surface area contributed by atoms with E-state index in [0.717, 1.165) is 21.9 Å². The molecule has 3 nitrogen and oxygen atoms in total. The monoisotopic (exact) mass is 341 g/mol. The summed E-state index contributed by atoms with van der Waals surface area (Å²) in [6, 6.07) is 14.7. The van der Waals surface area contributed by atoms with Gasteiger partial charge in [-0.2, -0.15) is 0 Å². The normalized spacial score (nSPS) is 11.2. The molecule has 0 atom stereocenters. The maximum atomic E-state index is 13.8. The van der Waals surface area contributed by atoms with Crippen LogP contribution in [0.4, 0.5) is 4.39 Å². The van der Waals surface area contributed by atoms with Crippen molar-refractivity contribution in [3.05, 3.63) is 65.4 Å². The van der Waals surface area contributed by atoms with Crippen molar-refractivity contribution in [1.29, 1.82) is 0 Å². The minimum Gasteiger partial charge on any atom is -0.333 e. The molecule has 0 saturated carbocycles. The minimum atomic E-state index is -0.238. The molecule has 0 unspecified atom stereocenters. The highest BCUT2D eigenvalue weighted by Crippen LogP contribution is 2.29. The van der Waals surface area contributed by atoms with Gasteiger partial charge in [-0.25, -0.2) is 14.4 Å². The molecule has 0 aliphatic carbocycles. The van der Waals surface area contributed by atoms with Crippen molar-refractivity contribution >= 4 is 34.1 Å². The molecule has 2 aromatic heterocycles. The van der Waals surface area contributed by atoms with Crippen LogP contribution in [0, 0.1) is 5.82 Å². The Morgan fingerprint density at radius 1 is 1.04 bits per heavy atom. The van der Waals surface area contributed by atoms with Gasteiger partial charge in [0.25, 0.3) is 0 Å². The lowest BCUT2D eigenvalue weighted by atomic mass is 10.2. The third kappa shape index (κ3) is 3.00. The quantitative estimate of drug-likeness (QED) is 0.524. The topological polar surface area (TPSA) is 41.6 Å². The number of hydrogen-bond acceptors (Lipinski definition) is 4. The number of benzene rings is 2. The van der Waals surface area contributed by atoms with E-state index < -0.39 is 0 Å². The molecule has 0 aliphatic heterocycles. The van der Waals surface area contributed by atoms with Crippen molar-refractivity contribution in [2.24, 2.45) is 0 Å². The summed E-state index contributed by atoms with van der Waals surface area (Å²) >= 11 is 3.06. The van der Waals surface area contributed by atoms with Gasteiger partial charge in [0.05, 0.1) is 16.7 Å². The molecule has 0 amide bonds. The van der Waals surface area contributed by atoms with Gasteiger partial charge in [-0.05, 0) is 24.3 Å². The lowest BCUT2D eigenvalue weighted by Gasteiger charge is -1.97. The Morgan fingerprint density at radius 3 is 2.74 bits per heavy atom. The number of H-pyrrole nitrogens is 1. The number of fused-ring (bicyclic) bond motifs is 1. The summed E-state index contributed by atoms with van der Waals surface area (Å²) in [5.41, 5.74) is 3.47. The molecule has 2 aromatic carbocycles. The fraction of sp³-hybridized carbons (Fsp3) is 0.0588. The van der Waals surface area contributed by atoms with E-state index in [9.17, 15) is 4.39 Å². The van der Waals surface area contributed by atoms with Gasteiger partial charge >= 0.3 is 0 Å². The SMILES string of the molecule is Fc1ccccc1-c1nc(CSc2nc3ccccc3[nH]2)cs1. The molecule has 0 radical (unpaired) electrons. The maximum absolute atomic E-state index is 13.8. The third-order valence-electron chi connectivity index (χ3n) is 3.38. The minimum absolute atomic E-state index is 0.238. The summed E-state index contributed by atoms with van der Waals surface area (Å²) in [6.45, 7) is 0. The number of thiazole rings is 1. The van der Waals surface area contributed by atoms with E-state index in [2.05, 4.69) is 15.0 Å². The highest BCUT2D eigenvalue weighted by Gasteiger charge is 2.10. The van der Waals surface area contributed by atoms with Crippen LogP contribution < -0.4 is 0 Å². The zero-order valence-electron chi connectivity index (χ0n) is 12.0. The first kappa shape index (κ1) is 14.4. The Balaban J connectivity index is 1.51. The van der Waals surface area contributed by atoms with Crippen LogP contribution in [0.5, 0.6) is 0 Å². The third-order valence-corrected chi connectivity index (χ3v) is 5.21. The van der Waals surface area contributed by atoms with Gasteiger partial charge in [-0.15, -0.1) is 11.3 Å². The van der Waals surface area contributed by atoms with Gasteiger partial charge in [0.1, 0.15) is 10.8 Å². The van der Waals surface area contributed by atoms with E-state index in [0.29, 0.717) is 16.3 Å². The highest BCUT2D eigenvalue weighted by molar-refractivity contribution is 7.98. The van der Waals surface area contributed by atoms with Gasteiger partial charge in [0, 0.05) is 16.7 Å². The van der Waals surface area contributed by atoms with E-state index in [-0.39, 0.29) is 5.82 Å². The van der Waals surface area contributed by atoms with Crippen LogP contribution in [0.3, 0.4) is 0 Å². The molecule has 0 fully saturated rings. The molecule has 2 heterocycles. The van der Waals surface area contributed by atoms with Gasteiger partial charge in [0.2, 0.25) is 0 Å². The maximum Gasteiger partial charge on any atom is 0.166 e. The molecular formula is C17H12FN3S2. The summed E-state index contributed by atoms with van der Waals surface area (Å²) in [7, 11) is 0. The van der Waals surface area contributed by atoms with Crippen LogP contribution in [0.2, 0.25) is 0 Å². The molecule has 0 aliphatic rings. The Morgan fingerprint density at radius 2 is 1.87 bits per heavy atom. The van der Waals surface area contributed by atoms with Gasteiger partial charge in [-0.3, -0.25) is 0 Å². The Bertz CT molecular complexity index is 928. The Labute approximate surface area is 140 Å². The van der Waals surface area contributed by atoms with Crippen LogP contribution in [0.25, 0.3) is 21.6 Å². The summed E-state index contributed by atoms with van der Waals surface area (Å²) < 4.78 is 13.8. The predicted molar refractivity (Wildman–Crippen MR) is 93.2 cm³/mol. The summed E-state index contributed by atoms with van der Waals surface area (Å²) in [5, 5.41) is 3.55. The lowest BCUT2D eigenvalue weighted by Crippen LogP contribution is -1.85. The van der Waals surface area contributed by atoms with Crippen LogP contribution in [-0.4, -0.2) is 15.0 Å². The second-order valence-corrected chi connectivity index (χ2v) is 6.79. The van der Waals surface area contributed by atoms with Crippen molar-refractivity contribution < 1.29 is 4.39 Å². The zero-order valence-corrected chi connectivity index (χ0v) is 13.6. The first-order valence-corrected chi connectivity index (χ1v) is 8.93. The first-order valence-electron chi connectivity index (χ1n) is 7.06. The molecule has 23 heavy (non-hydrogen) atoms. The molecular weight excluding hydrogens is 329 g/mol. The smallest absolute Gasteiger partial charge is 0.166 e. The van der Waals surface area contributed by atoms with Crippen LogP contribution >= 0.6 is 23.1 Å². The number of hydrogen-bond donors (Lipinski definition) is 1. The molecule has 0 spiro atoms. The van der Waals surface area contributed by atoms with Crippen molar-refractivity contribution in [3.63, 3.8) is 0 Å². The average molecular weight is 341 g/mol. The van der Waals surface area contributed by atoms with E-state index in [1.165, 1.54) is 17.4 Å². The fourth-order valence-electron chi connectivity index (χ4n) is 2.27. The van der Waals surface area contributed by atoms with Gasteiger partial charge in [-0.1, -0.05) is 36.0 Å². The molecule has 0 bridgehead atoms. The van der Waals surface area contributed by atoms with E-state index >= 15 is 0 Å². The molecule has 6 heteroatoms. The summed E-state index contributed by atoms with van der Waals surface area (Å²) in [4.78, 5) is 12.3. The first-order chi connectivity index (χ1) is 11.3. The molecule has 1 N–H and O–H groups in total. The number of rotatable bonds is 4. The van der Waals surface area contributed by atoms with Crippen molar-refractivity contribution in [2.45, 2.75) is 10.9 Å². The van der Waals surface area contributed by atoms with Crippen molar-refractivity contribution in [2.75, 3.05) is 0 Å². The molecule has 0 saturated heterocycles. The Kier molecular flexibility index (Phi) is 3.85. The number of thioether (sulfide) groups is 1. The zero-order chi connectivity index (χ0) is 15.6. The number of imidazole rings is 1. The number of para-hydroxylation sites is 2. The molecule has 4 aromatic rings.